The predicted molar refractivity (Wildman–Crippen MR) is 65.9 cm³/mol. The summed E-state index contributed by atoms with van der Waals surface area (Å²) in [6.45, 7) is 1.19. The van der Waals surface area contributed by atoms with Crippen LogP contribution < -0.4 is 5.32 Å². The Bertz CT molecular complexity index is 558. The van der Waals surface area contributed by atoms with Crippen molar-refractivity contribution < 1.29 is 4.39 Å². The minimum absolute atomic E-state index is 0.238. The number of nitriles is 1. The van der Waals surface area contributed by atoms with Gasteiger partial charge in [-0.25, -0.2) is 9.37 Å². The van der Waals surface area contributed by atoms with Crippen LogP contribution in [0.4, 0.5) is 4.39 Å². The summed E-state index contributed by atoms with van der Waals surface area (Å²) in [6.07, 6.45) is 1.60. The van der Waals surface area contributed by atoms with E-state index >= 15 is 0 Å². The minimum Gasteiger partial charge on any atom is -0.309 e. The average Bonchev–Trinajstić information content (AvgIpc) is 2.41. The SMILES string of the molecule is N#Cc1ncccc1CNCc1ccc(F)cc1. The van der Waals surface area contributed by atoms with Crippen LogP contribution in [0, 0.1) is 17.1 Å². The molecule has 1 heterocycles. The van der Waals surface area contributed by atoms with Gasteiger partial charge >= 0.3 is 0 Å². The van der Waals surface area contributed by atoms with Crippen molar-refractivity contribution >= 4 is 0 Å². The van der Waals surface area contributed by atoms with E-state index in [1.165, 1.54) is 12.1 Å². The molecule has 3 nitrogen and oxygen atoms in total. The van der Waals surface area contributed by atoms with Gasteiger partial charge in [0.1, 0.15) is 17.6 Å². The van der Waals surface area contributed by atoms with Crippen molar-refractivity contribution in [3.05, 3.63) is 65.2 Å². The molecule has 0 radical (unpaired) electrons. The van der Waals surface area contributed by atoms with Crippen LogP contribution in [0.3, 0.4) is 0 Å². The summed E-state index contributed by atoms with van der Waals surface area (Å²) in [4.78, 5) is 3.98. The van der Waals surface area contributed by atoms with Gasteiger partial charge < -0.3 is 5.32 Å². The molecule has 0 atom stereocenters. The highest BCUT2D eigenvalue weighted by atomic mass is 19.1. The molecule has 0 saturated carbocycles. The molecule has 0 spiro atoms. The zero-order valence-corrected chi connectivity index (χ0v) is 9.73. The zero-order chi connectivity index (χ0) is 12.8. The Kier molecular flexibility index (Phi) is 4.00. The summed E-state index contributed by atoms with van der Waals surface area (Å²) in [5.41, 5.74) is 2.30. The van der Waals surface area contributed by atoms with Gasteiger partial charge in [-0.2, -0.15) is 5.26 Å². The van der Waals surface area contributed by atoms with Crippen molar-refractivity contribution in [2.45, 2.75) is 13.1 Å². The standard InChI is InChI=1S/C14H12FN3/c15-13-5-3-11(4-6-13)9-17-10-12-2-1-7-18-14(12)8-16/h1-7,17H,9-10H2. The topological polar surface area (TPSA) is 48.7 Å². The van der Waals surface area contributed by atoms with Crippen molar-refractivity contribution in [2.24, 2.45) is 0 Å². The molecule has 0 saturated heterocycles. The Morgan fingerprint density at radius 2 is 1.94 bits per heavy atom. The van der Waals surface area contributed by atoms with E-state index in [1.807, 2.05) is 6.07 Å². The smallest absolute Gasteiger partial charge is 0.144 e. The largest absolute Gasteiger partial charge is 0.309 e. The van der Waals surface area contributed by atoms with Crippen molar-refractivity contribution in [2.75, 3.05) is 0 Å². The summed E-state index contributed by atoms with van der Waals surface area (Å²) in [6, 6.07) is 12.0. The van der Waals surface area contributed by atoms with Gasteiger partial charge in [0.2, 0.25) is 0 Å². The zero-order valence-electron chi connectivity index (χ0n) is 9.73. The highest BCUT2D eigenvalue weighted by molar-refractivity contribution is 5.30. The van der Waals surface area contributed by atoms with Crippen LogP contribution in [0.1, 0.15) is 16.8 Å². The molecule has 0 unspecified atom stereocenters. The number of benzene rings is 1. The molecule has 0 amide bonds. The van der Waals surface area contributed by atoms with E-state index < -0.39 is 0 Å². The van der Waals surface area contributed by atoms with E-state index in [0.717, 1.165) is 11.1 Å². The maximum absolute atomic E-state index is 12.7. The Morgan fingerprint density at radius 1 is 1.17 bits per heavy atom. The van der Waals surface area contributed by atoms with Gasteiger partial charge in [-0.05, 0) is 23.8 Å². The van der Waals surface area contributed by atoms with Gasteiger partial charge in [0.25, 0.3) is 0 Å². The molecular weight excluding hydrogens is 229 g/mol. The van der Waals surface area contributed by atoms with Gasteiger partial charge in [0, 0.05) is 24.8 Å². The van der Waals surface area contributed by atoms with Gasteiger partial charge in [-0.1, -0.05) is 18.2 Å². The number of nitrogens with zero attached hydrogens (tertiary/aromatic N) is 2. The van der Waals surface area contributed by atoms with Gasteiger partial charge in [0.15, 0.2) is 0 Å². The predicted octanol–water partition coefficient (Wildman–Crippen LogP) is 2.38. The molecule has 0 aliphatic rings. The summed E-state index contributed by atoms with van der Waals surface area (Å²) in [5.74, 6) is -0.238. The first-order chi connectivity index (χ1) is 8.79. The lowest BCUT2D eigenvalue weighted by Crippen LogP contribution is -2.14. The maximum atomic E-state index is 12.7. The third-order valence-electron chi connectivity index (χ3n) is 2.56. The second-order valence-electron chi connectivity index (χ2n) is 3.85. The molecule has 2 aromatic rings. The van der Waals surface area contributed by atoms with Crippen LogP contribution in [0.5, 0.6) is 0 Å². The molecule has 0 aliphatic heterocycles. The molecular formula is C14H12FN3. The lowest BCUT2D eigenvalue weighted by molar-refractivity contribution is 0.625. The number of nitrogens with one attached hydrogen (secondary N) is 1. The molecule has 18 heavy (non-hydrogen) atoms. The van der Waals surface area contributed by atoms with Crippen LogP contribution in [-0.4, -0.2) is 4.98 Å². The van der Waals surface area contributed by atoms with Crippen LogP contribution in [0.2, 0.25) is 0 Å². The molecule has 90 valence electrons. The summed E-state index contributed by atoms with van der Waals surface area (Å²) in [7, 11) is 0. The third kappa shape index (κ3) is 3.12. The van der Waals surface area contributed by atoms with E-state index in [0.29, 0.717) is 18.8 Å². The maximum Gasteiger partial charge on any atom is 0.144 e. The number of halogens is 1. The Morgan fingerprint density at radius 3 is 2.67 bits per heavy atom. The van der Waals surface area contributed by atoms with Crippen molar-refractivity contribution in [3.63, 3.8) is 0 Å². The number of pyridine rings is 1. The van der Waals surface area contributed by atoms with Gasteiger partial charge in [0.05, 0.1) is 0 Å². The Labute approximate surface area is 105 Å². The lowest BCUT2D eigenvalue weighted by Gasteiger charge is -2.06. The number of hydrogen-bond donors (Lipinski definition) is 1. The van der Waals surface area contributed by atoms with Crippen LogP contribution in [0.25, 0.3) is 0 Å². The molecule has 0 bridgehead atoms. The van der Waals surface area contributed by atoms with Crippen LogP contribution in [-0.2, 0) is 13.1 Å². The molecule has 0 fully saturated rings. The molecule has 1 aromatic carbocycles. The van der Waals surface area contributed by atoms with Crippen LogP contribution >= 0.6 is 0 Å². The molecule has 4 heteroatoms. The normalized spacial score (nSPS) is 10.0. The summed E-state index contributed by atoms with van der Waals surface area (Å²) in [5, 5.41) is 12.1. The fourth-order valence-electron chi connectivity index (χ4n) is 1.63. The quantitative estimate of drug-likeness (QED) is 0.894. The highest BCUT2D eigenvalue weighted by Crippen LogP contribution is 2.05. The second-order valence-corrected chi connectivity index (χ2v) is 3.85. The lowest BCUT2D eigenvalue weighted by atomic mass is 10.2. The number of rotatable bonds is 4. The fourth-order valence-corrected chi connectivity index (χ4v) is 1.63. The monoisotopic (exact) mass is 241 g/mol. The molecule has 1 aromatic heterocycles. The highest BCUT2D eigenvalue weighted by Gasteiger charge is 2.01. The Balaban J connectivity index is 1.93. The van der Waals surface area contributed by atoms with Crippen LogP contribution in [0.15, 0.2) is 42.6 Å². The van der Waals surface area contributed by atoms with Crippen molar-refractivity contribution in [1.29, 1.82) is 5.26 Å². The van der Waals surface area contributed by atoms with E-state index in [-0.39, 0.29) is 5.82 Å². The first-order valence-electron chi connectivity index (χ1n) is 5.59. The molecule has 1 N–H and O–H groups in total. The first-order valence-corrected chi connectivity index (χ1v) is 5.59. The summed E-state index contributed by atoms with van der Waals surface area (Å²) >= 11 is 0. The van der Waals surface area contributed by atoms with Crippen molar-refractivity contribution in [1.82, 2.24) is 10.3 Å². The molecule has 0 aliphatic carbocycles. The second kappa shape index (κ2) is 5.89. The first kappa shape index (κ1) is 12.2. The van der Waals surface area contributed by atoms with Gasteiger partial charge in [-0.15, -0.1) is 0 Å². The minimum atomic E-state index is -0.238. The number of hydrogen-bond acceptors (Lipinski definition) is 3. The summed E-state index contributed by atoms with van der Waals surface area (Å²) < 4.78 is 12.7. The fraction of sp³-hybridized carbons (Fsp3) is 0.143. The number of aromatic nitrogens is 1. The Hall–Kier alpha value is -2.25. The van der Waals surface area contributed by atoms with Crippen molar-refractivity contribution in [3.8, 4) is 6.07 Å². The average molecular weight is 241 g/mol. The van der Waals surface area contributed by atoms with Gasteiger partial charge in [-0.3, -0.25) is 0 Å². The third-order valence-corrected chi connectivity index (χ3v) is 2.56. The molecule has 2 rings (SSSR count). The van der Waals surface area contributed by atoms with E-state index in [9.17, 15) is 4.39 Å². The van der Waals surface area contributed by atoms with E-state index in [4.69, 9.17) is 5.26 Å². The van der Waals surface area contributed by atoms with E-state index in [1.54, 1.807) is 24.4 Å². The van der Waals surface area contributed by atoms with E-state index in [2.05, 4.69) is 16.4 Å².